The molecule has 0 unspecified atom stereocenters. The smallest absolute Gasteiger partial charge is 0.228 e. The molecule has 0 spiro atoms. The summed E-state index contributed by atoms with van der Waals surface area (Å²) in [4.78, 5) is 22.6. The molecule has 4 rings (SSSR count). The molecular weight excluding hydrogens is 426 g/mol. The fourth-order valence-corrected chi connectivity index (χ4v) is 4.77. The Kier molecular flexibility index (Phi) is 8.21. The minimum Gasteiger partial charge on any atom is -0.493 e. The van der Waals surface area contributed by atoms with Crippen molar-refractivity contribution >= 4 is 17.5 Å². The van der Waals surface area contributed by atoms with Gasteiger partial charge in [0.15, 0.2) is 5.15 Å². The van der Waals surface area contributed by atoms with Crippen molar-refractivity contribution in [3.63, 3.8) is 0 Å². The van der Waals surface area contributed by atoms with E-state index in [-0.39, 0.29) is 18.4 Å². The summed E-state index contributed by atoms with van der Waals surface area (Å²) < 4.78 is 12.2. The van der Waals surface area contributed by atoms with Crippen molar-refractivity contribution in [1.82, 2.24) is 14.9 Å². The van der Waals surface area contributed by atoms with Gasteiger partial charge in [-0.1, -0.05) is 49.8 Å². The van der Waals surface area contributed by atoms with Crippen molar-refractivity contribution in [1.29, 1.82) is 0 Å². The zero-order valence-electron chi connectivity index (χ0n) is 18.5. The predicted molar refractivity (Wildman–Crippen MR) is 124 cm³/mol. The van der Waals surface area contributed by atoms with Gasteiger partial charge in [-0.15, -0.1) is 0 Å². The molecule has 172 valence electrons. The molecule has 1 aromatic carbocycles. The number of hydrogen-bond acceptors (Lipinski definition) is 5. The highest BCUT2D eigenvalue weighted by molar-refractivity contribution is 6.30. The van der Waals surface area contributed by atoms with Crippen molar-refractivity contribution in [3.8, 4) is 11.5 Å². The van der Waals surface area contributed by atoms with Gasteiger partial charge >= 0.3 is 0 Å². The maximum Gasteiger partial charge on any atom is 0.228 e. The molecule has 32 heavy (non-hydrogen) atoms. The predicted octanol–water partition coefficient (Wildman–Crippen LogP) is 5.09. The summed E-state index contributed by atoms with van der Waals surface area (Å²) in [7, 11) is 0. The summed E-state index contributed by atoms with van der Waals surface area (Å²) in [5, 5.41) is 0.292. The van der Waals surface area contributed by atoms with Crippen molar-refractivity contribution in [2.24, 2.45) is 5.92 Å². The maximum absolute atomic E-state index is 12.6. The molecule has 0 bridgehead atoms. The fraction of sp³-hybridized carbons (Fsp3) is 0.560. The lowest BCUT2D eigenvalue weighted by atomic mass is 9.87. The molecule has 1 aromatic heterocycles. The highest BCUT2D eigenvalue weighted by atomic mass is 35.5. The summed E-state index contributed by atoms with van der Waals surface area (Å²) in [5.41, 5.74) is 0.526. The standard InChI is InChI=1S/C25H32ClN3O3/c26-25-23(27-12-13-28-25)18-24(30)29-14-9-20(10-15-29)32-22-8-4-7-21(17-22)31-16-11-19-5-2-1-3-6-19/h4,7-8,12-13,17,19-20H,1-3,5-6,9-11,14-16,18H2. The van der Waals surface area contributed by atoms with E-state index in [1.165, 1.54) is 38.3 Å². The first-order valence-electron chi connectivity index (χ1n) is 11.8. The Labute approximate surface area is 195 Å². The van der Waals surface area contributed by atoms with Crippen LogP contribution in [0, 0.1) is 5.92 Å². The number of carbonyl (C=O) groups is 1. The highest BCUT2D eigenvalue weighted by Crippen LogP contribution is 2.27. The quantitative estimate of drug-likeness (QED) is 0.552. The molecule has 1 aliphatic heterocycles. The van der Waals surface area contributed by atoms with E-state index >= 15 is 0 Å². The van der Waals surface area contributed by atoms with Crippen LogP contribution in [0.25, 0.3) is 0 Å². The van der Waals surface area contributed by atoms with Gasteiger partial charge in [-0.05, 0) is 24.5 Å². The largest absolute Gasteiger partial charge is 0.493 e. The lowest BCUT2D eigenvalue weighted by Crippen LogP contribution is -2.42. The van der Waals surface area contributed by atoms with E-state index in [1.807, 2.05) is 29.2 Å². The lowest BCUT2D eigenvalue weighted by molar-refractivity contribution is -0.132. The number of aromatic nitrogens is 2. The van der Waals surface area contributed by atoms with Gasteiger partial charge in [0, 0.05) is 44.4 Å². The molecule has 1 saturated carbocycles. The number of piperidine rings is 1. The van der Waals surface area contributed by atoms with Crippen LogP contribution < -0.4 is 9.47 Å². The average Bonchev–Trinajstić information content (AvgIpc) is 2.82. The molecule has 1 aliphatic carbocycles. The Bertz CT molecular complexity index is 880. The zero-order chi connectivity index (χ0) is 22.2. The minimum atomic E-state index is 0.0270. The normalized spacial score (nSPS) is 17.8. The summed E-state index contributed by atoms with van der Waals surface area (Å²) in [6.07, 6.45) is 12.9. The Morgan fingerprint density at radius 3 is 2.56 bits per heavy atom. The van der Waals surface area contributed by atoms with Gasteiger partial charge in [-0.2, -0.15) is 0 Å². The lowest BCUT2D eigenvalue weighted by Gasteiger charge is -2.32. The molecule has 2 aliphatic rings. The Morgan fingerprint density at radius 2 is 1.78 bits per heavy atom. The molecule has 7 heteroatoms. The first-order valence-corrected chi connectivity index (χ1v) is 12.2. The molecule has 6 nitrogen and oxygen atoms in total. The third-order valence-electron chi connectivity index (χ3n) is 6.46. The second-order valence-corrected chi connectivity index (χ2v) is 9.14. The van der Waals surface area contributed by atoms with E-state index in [0.717, 1.165) is 43.3 Å². The van der Waals surface area contributed by atoms with Crippen LogP contribution in [0.2, 0.25) is 5.15 Å². The number of amides is 1. The summed E-state index contributed by atoms with van der Waals surface area (Å²) in [6, 6.07) is 7.93. The number of hydrogen-bond donors (Lipinski definition) is 0. The van der Waals surface area contributed by atoms with E-state index in [1.54, 1.807) is 6.20 Å². The van der Waals surface area contributed by atoms with Gasteiger partial charge in [0.05, 0.1) is 18.7 Å². The Hall–Kier alpha value is -2.34. The SMILES string of the molecule is O=C(Cc1nccnc1Cl)N1CCC(Oc2cccc(OCCC3CCCCC3)c2)CC1. The van der Waals surface area contributed by atoms with Gasteiger partial charge in [-0.3, -0.25) is 9.78 Å². The Balaban J connectivity index is 1.20. The molecule has 1 saturated heterocycles. The Morgan fingerprint density at radius 1 is 1.03 bits per heavy atom. The monoisotopic (exact) mass is 457 g/mol. The van der Waals surface area contributed by atoms with Crippen LogP contribution in [0.3, 0.4) is 0 Å². The van der Waals surface area contributed by atoms with Crippen molar-refractivity contribution < 1.29 is 14.3 Å². The molecule has 0 N–H and O–H groups in total. The van der Waals surface area contributed by atoms with Gasteiger partial charge in [0.1, 0.15) is 17.6 Å². The number of nitrogens with zero attached hydrogens (tertiary/aromatic N) is 3. The number of benzene rings is 1. The van der Waals surface area contributed by atoms with Gasteiger partial charge < -0.3 is 14.4 Å². The molecule has 2 heterocycles. The van der Waals surface area contributed by atoms with E-state index in [0.29, 0.717) is 23.9 Å². The zero-order valence-corrected chi connectivity index (χ0v) is 19.3. The van der Waals surface area contributed by atoms with E-state index in [9.17, 15) is 4.79 Å². The van der Waals surface area contributed by atoms with Crippen LogP contribution in [-0.2, 0) is 11.2 Å². The molecule has 1 amide bonds. The molecular formula is C25H32ClN3O3. The minimum absolute atomic E-state index is 0.0270. The summed E-state index contributed by atoms with van der Waals surface area (Å²) >= 11 is 6.03. The first kappa shape index (κ1) is 22.8. The second kappa shape index (κ2) is 11.5. The molecule has 2 fully saturated rings. The number of halogens is 1. The number of rotatable bonds is 8. The maximum atomic E-state index is 12.6. The van der Waals surface area contributed by atoms with Crippen LogP contribution in [0.1, 0.15) is 57.1 Å². The van der Waals surface area contributed by atoms with Crippen molar-refractivity contribution in [2.45, 2.75) is 63.9 Å². The second-order valence-electron chi connectivity index (χ2n) is 8.78. The van der Waals surface area contributed by atoms with Crippen molar-refractivity contribution in [2.75, 3.05) is 19.7 Å². The molecule has 0 atom stereocenters. The summed E-state index contributed by atoms with van der Waals surface area (Å²) in [5.74, 6) is 2.54. The van der Waals surface area contributed by atoms with Gasteiger partial charge in [0.25, 0.3) is 0 Å². The van der Waals surface area contributed by atoms with Crippen LogP contribution in [0.5, 0.6) is 11.5 Å². The van der Waals surface area contributed by atoms with Gasteiger partial charge in [0.2, 0.25) is 5.91 Å². The summed E-state index contributed by atoms with van der Waals surface area (Å²) in [6.45, 7) is 2.10. The number of ether oxygens (including phenoxy) is 2. The van der Waals surface area contributed by atoms with E-state index in [2.05, 4.69) is 9.97 Å². The first-order chi connectivity index (χ1) is 15.7. The van der Waals surface area contributed by atoms with Crippen LogP contribution in [0.4, 0.5) is 0 Å². The van der Waals surface area contributed by atoms with Crippen molar-refractivity contribution in [3.05, 3.63) is 47.5 Å². The van der Waals surface area contributed by atoms with E-state index in [4.69, 9.17) is 21.1 Å². The molecule has 0 radical (unpaired) electrons. The number of carbonyl (C=O) groups excluding carboxylic acids is 1. The number of likely N-dealkylation sites (tertiary alicyclic amines) is 1. The topological polar surface area (TPSA) is 64.6 Å². The third kappa shape index (κ3) is 6.58. The molecule has 2 aromatic rings. The van der Waals surface area contributed by atoms with E-state index < -0.39 is 0 Å². The van der Waals surface area contributed by atoms with Crippen LogP contribution in [0.15, 0.2) is 36.7 Å². The van der Waals surface area contributed by atoms with Gasteiger partial charge in [-0.25, -0.2) is 4.98 Å². The fourth-order valence-electron chi connectivity index (χ4n) is 4.60. The highest BCUT2D eigenvalue weighted by Gasteiger charge is 2.25. The van der Waals surface area contributed by atoms with Crippen LogP contribution >= 0.6 is 11.6 Å². The third-order valence-corrected chi connectivity index (χ3v) is 6.78. The van der Waals surface area contributed by atoms with Crippen LogP contribution in [-0.4, -0.2) is 46.6 Å². The average molecular weight is 458 g/mol.